The Morgan fingerprint density at radius 2 is 1.85 bits per heavy atom. The lowest BCUT2D eigenvalue weighted by Crippen LogP contribution is -2.44. The van der Waals surface area contributed by atoms with Gasteiger partial charge < -0.3 is 15.4 Å². The zero-order chi connectivity index (χ0) is 27.5. The molecule has 0 bridgehead atoms. The lowest BCUT2D eigenvalue weighted by Gasteiger charge is -2.31. The molecule has 9 nitrogen and oxygen atoms in total. The van der Waals surface area contributed by atoms with Crippen molar-refractivity contribution in [3.05, 3.63) is 81.0 Å². The third-order valence-electron chi connectivity index (χ3n) is 6.67. The fourth-order valence-corrected chi connectivity index (χ4v) is 4.87. The number of benzene rings is 2. The van der Waals surface area contributed by atoms with Crippen LogP contribution in [0, 0.1) is 11.8 Å². The number of rotatable bonds is 7. The summed E-state index contributed by atoms with van der Waals surface area (Å²) in [5, 5.41) is 0. The van der Waals surface area contributed by atoms with Crippen molar-refractivity contribution < 1.29 is 13.5 Å². The summed E-state index contributed by atoms with van der Waals surface area (Å²) >= 11 is 0. The zero-order valence-corrected chi connectivity index (χ0v) is 21.4. The van der Waals surface area contributed by atoms with Crippen molar-refractivity contribution in [2.75, 3.05) is 18.0 Å². The first-order valence-corrected chi connectivity index (χ1v) is 12.6. The number of hydrogen-bond donors (Lipinski definition) is 1. The van der Waals surface area contributed by atoms with Crippen molar-refractivity contribution in [3.63, 3.8) is 0 Å². The average molecular weight is 535 g/mol. The molecular weight excluding hydrogens is 506 g/mol. The third kappa shape index (κ3) is 5.28. The highest BCUT2D eigenvalue weighted by molar-refractivity contribution is 5.76. The number of para-hydroxylation sites is 1. The van der Waals surface area contributed by atoms with Crippen LogP contribution in [0.2, 0.25) is 0 Å². The Bertz CT molecular complexity index is 1650. The summed E-state index contributed by atoms with van der Waals surface area (Å²) in [5.41, 5.74) is 6.76. The average Bonchev–Trinajstić information content (AvgIpc) is 3.30. The van der Waals surface area contributed by atoms with Crippen molar-refractivity contribution in [3.8, 4) is 23.3 Å². The van der Waals surface area contributed by atoms with Gasteiger partial charge in [0.1, 0.15) is 5.75 Å². The van der Waals surface area contributed by atoms with Gasteiger partial charge in [-0.05, 0) is 49.6 Å². The molecule has 1 unspecified atom stereocenters. The molecule has 5 rings (SSSR count). The van der Waals surface area contributed by atoms with Gasteiger partial charge in [0, 0.05) is 19.1 Å². The maximum atomic E-state index is 14.0. The molecule has 11 heteroatoms. The van der Waals surface area contributed by atoms with Crippen LogP contribution in [0.15, 0.2) is 64.2 Å². The molecule has 0 radical (unpaired) electrons. The molecule has 2 aromatic heterocycles. The Labute approximate surface area is 223 Å². The van der Waals surface area contributed by atoms with Crippen molar-refractivity contribution in [1.82, 2.24) is 18.7 Å². The quantitative estimate of drug-likeness (QED) is 0.366. The third-order valence-corrected chi connectivity index (χ3v) is 6.67. The van der Waals surface area contributed by atoms with E-state index in [9.17, 15) is 18.4 Å². The van der Waals surface area contributed by atoms with Crippen LogP contribution < -0.4 is 26.6 Å². The van der Waals surface area contributed by atoms with Gasteiger partial charge in [-0.25, -0.2) is 9.36 Å². The number of hydrogen-bond acceptors (Lipinski definition) is 6. The number of alkyl halides is 2. The molecular formula is C28H28F2N6O3. The smallest absolute Gasteiger partial charge is 0.387 e. The normalized spacial score (nSPS) is 15.4. The van der Waals surface area contributed by atoms with Crippen LogP contribution in [0.4, 0.5) is 14.7 Å². The molecule has 1 atom stereocenters. The van der Waals surface area contributed by atoms with Gasteiger partial charge in [0.2, 0.25) is 5.95 Å². The second-order valence-corrected chi connectivity index (χ2v) is 9.31. The first kappa shape index (κ1) is 26.2. The Balaban J connectivity index is 1.73. The lowest BCUT2D eigenvalue weighted by atomic mass is 10.1. The van der Waals surface area contributed by atoms with E-state index in [0.29, 0.717) is 30.3 Å². The second kappa shape index (κ2) is 11.1. The van der Waals surface area contributed by atoms with E-state index in [1.807, 2.05) is 11.0 Å². The molecule has 3 heterocycles. The van der Waals surface area contributed by atoms with E-state index in [0.717, 1.165) is 17.4 Å². The molecule has 1 saturated heterocycles. The minimum absolute atomic E-state index is 0.0150. The van der Waals surface area contributed by atoms with E-state index >= 15 is 0 Å². The molecule has 4 aromatic rings. The first-order chi connectivity index (χ1) is 18.9. The molecule has 1 fully saturated rings. The topological polar surface area (TPSA) is 100 Å². The number of piperidine rings is 1. The van der Waals surface area contributed by atoms with Gasteiger partial charge in [-0.1, -0.05) is 36.3 Å². The Kier molecular flexibility index (Phi) is 7.47. The minimum Gasteiger partial charge on any atom is -0.435 e. The van der Waals surface area contributed by atoms with Gasteiger partial charge in [0.05, 0.1) is 18.8 Å². The molecule has 202 valence electrons. The molecule has 39 heavy (non-hydrogen) atoms. The zero-order valence-electron chi connectivity index (χ0n) is 21.4. The molecule has 2 aromatic carbocycles. The largest absolute Gasteiger partial charge is 0.435 e. The maximum Gasteiger partial charge on any atom is 0.387 e. The van der Waals surface area contributed by atoms with Gasteiger partial charge in [0.15, 0.2) is 11.2 Å². The summed E-state index contributed by atoms with van der Waals surface area (Å²) in [6, 6.07) is 14.8. The minimum atomic E-state index is -2.95. The molecule has 0 amide bonds. The summed E-state index contributed by atoms with van der Waals surface area (Å²) in [6.07, 6.45) is 1.78. The van der Waals surface area contributed by atoms with Crippen LogP contribution in [0.1, 0.15) is 25.3 Å². The van der Waals surface area contributed by atoms with Gasteiger partial charge in [-0.3, -0.25) is 13.9 Å². The lowest BCUT2D eigenvalue weighted by molar-refractivity contribution is -0.0498. The van der Waals surface area contributed by atoms with E-state index < -0.39 is 17.9 Å². The molecule has 0 spiro atoms. The summed E-state index contributed by atoms with van der Waals surface area (Å²) < 4.78 is 33.9. The molecule has 0 aliphatic carbocycles. The van der Waals surface area contributed by atoms with Crippen molar-refractivity contribution >= 4 is 17.1 Å². The number of fused-ring (bicyclic) bond motifs is 1. The first-order valence-electron chi connectivity index (χ1n) is 12.6. The Morgan fingerprint density at radius 1 is 1.10 bits per heavy atom. The number of nitrogens with zero attached hydrogens (tertiary/aromatic N) is 5. The van der Waals surface area contributed by atoms with E-state index in [1.165, 1.54) is 16.7 Å². The van der Waals surface area contributed by atoms with Crippen LogP contribution in [-0.2, 0) is 13.1 Å². The number of aromatic nitrogens is 4. The fraction of sp³-hybridized carbons (Fsp3) is 0.321. The van der Waals surface area contributed by atoms with E-state index in [-0.39, 0.29) is 36.0 Å². The van der Waals surface area contributed by atoms with Crippen LogP contribution in [-0.4, -0.2) is 44.4 Å². The highest BCUT2D eigenvalue weighted by Crippen LogP contribution is 2.24. The van der Waals surface area contributed by atoms with Gasteiger partial charge in [-0.2, -0.15) is 13.8 Å². The summed E-state index contributed by atoms with van der Waals surface area (Å²) in [5.74, 6) is 6.43. The maximum absolute atomic E-state index is 14.0. The predicted molar refractivity (Wildman–Crippen MR) is 145 cm³/mol. The van der Waals surface area contributed by atoms with Gasteiger partial charge in [0.25, 0.3) is 5.56 Å². The van der Waals surface area contributed by atoms with E-state index in [4.69, 9.17) is 10.7 Å². The highest BCUT2D eigenvalue weighted by Gasteiger charge is 2.27. The number of halogens is 2. The second-order valence-electron chi connectivity index (χ2n) is 9.31. The van der Waals surface area contributed by atoms with Crippen molar-refractivity contribution in [2.24, 2.45) is 5.73 Å². The van der Waals surface area contributed by atoms with Crippen LogP contribution in [0.25, 0.3) is 16.9 Å². The Morgan fingerprint density at radius 3 is 2.51 bits per heavy atom. The fourth-order valence-electron chi connectivity index (χ4n) is 4.87. The van der Waals surface area contributed by atoms with Crippen molar-refractivity contribution in [1.29, 1.82) is 0 Å². The molecule has 0 saturated carbocycles. The number of imidazole rings is 1. The Hall–Kier alpha value is -4.43. The monoisotopic (exact) mass is 534 g/mol. The summed E-state index contributed by atoms with van der Waals surface area (Å²) in [7, 11) is 0. The summed E-state index contributed by atoms with van der Waals surface area (Å²) in [6.45, 7) is 0.177. The molecule has 1 aliphatic rings. The van der Waals surface area contributed by atoms with Crippen LogP contribution >= 0.6 is 0 Å². The van der Waals surface area contributed by atoms with E-state index in [2.05, 4.69) is 16.6 Å². The van der Waals surface area contributed by atoms with E-state index in [1.54, 1.807) is 47.9 Å². The van der Waals surface area contributed by atoms with Crippen LogP contribution in [0.5, 0.6) is 5.75 Å². The highest BCUT2D eigenvalue weighted by atomic mass is 19.3. The standard InChI is InChI=1S/C28H28F2N6O3/c1-2-3-16-34-23-24(32-27(34)33-15-7-8-20(31)18-33)36(21-9-5-4-6-10-21)28(38)35(25(23)37)17-19-11-13-22(14-12-19)39-26(29)30/h4-6,9-14,20,26H,7-8,15-18,31H2,1H3. The molecule has 2 N–H and O–H groups in total. The SMILES string of the molecule is CC#CCn1c(N2CCCC(N)C2)nc2c1c(=O)n(Cc1ccc(OC(F)F)cc1)c(=O)n2-c1ccccc1. The summed E-state index contributed by atoms with van der Waals surface area (Å²) in [4.78, 5) is 34.7. The van der Waals surface area contributed by atoms with Crippen molar-refractivity contribution in [2.45, 2.75) is 45.5 Å². The molecule has 1 aliphatic heterocycles. The van der Waals surface area contributed by atoms with Crippen LogP contribution in [0.3, 0.4) is 0 Å². The number of nitrogens with two attached hydrogens (primary N) is 1. The predicted octanol–water partition coefficient (Wildman–Crippen LogP) is 2.95. The number of anilines is 1. The number of ether oxygens (including phenoxy) is 1. The van der Waals surface area contributed by atoms with Gasteiger partial charge in [-0.15, -0.1) is 5.92 Å². The van der Waals surface area contributed by atoms with Gasteiger partial charge >= 0.3 is 12.3 Å².